The molecule has 2 aliphatic carbocycles. The molecule has 0 spiro atoms. The number of allylic oxidation sites excluding steroid dienone is 2. The van der Waals surface area contributed by atoms with Crippen LogP contribution in [0.4, 0.5) is 4.79 Å². The van der Waals surface area contributed by atoms with E-state index in [1.165, 1.54) is 57.8 Å². The van der Waals surface area contributed by atoms with E-state index in [9.17, 15) is 4.79 Å². The van der Waals surface area contributed by atoms with E-state index in [-0.39, 0.29) is 6.10 Å². The van der Waals surface area contributed by atoms with E-state index >= 15 is 0 Å². The molecule has 0 bridgehead atoms. The number of hydrogen-bond acceptors (Lipinski definition) is 2. The number of ether oxygens (including phenoxy) is 1. The summed E-state index contributed by atoms with van der Waals surface area (Å²) in [5.74, 6) is 2.61. The Kier molecular flexibility index (Phi) is 9.60. The fraction of sp³-hybridized carbons (Fsp3) is 0.640. The van der Waals surface area contributed by atoms with Gasteiger partial charge in [0, 0.05) is 0 Å². The van der Waals surface area contributed by atoms with Crippen LogP contribution in [0.3, 0.4) is 0 Å². The molecule has 28 heavy (non-hydrogen) atoms. The van der Waals surface area contributed by atoms with Crippen molar-refractivity contribution >= 4 is 6.16 Å². The third-order valence-corrected chi connectivity index (χ3v) is 6.03. The predicted molar refractivity (Wildman–Crippen MR) is 116 cm³/mol. The second-order valence-corrected chi connectivity index (χ2v) is 8.59. The molecule has 1 unspecified atom stereocenters. The smallest absolute Gasteiger partial charge is 0.450 e. The van der Waals surface area contributed by atoms with Crippen LogP contribution < -0.4 is 0 Å². The maximum Gasteiger partial charge on any atom is 0.506 e. The molecule has 1 aromatic rings. The maximum atomic E-state index is 9.59. The molecule has 0 aromatic heterocycles. The lowest BCUT2D eigenvalue weighted by Crippen LogP contribution is -2.13. The van der Waals surface area contributed by atoms with Gasteiger partial charge in [-0.25, -0.2) is 4.79 Å². The number of benzene rings is 1. The van der Waals surface area contributed by atoms with Gasteiger partial charge in [0.2, 0.25) is 0 Å². The zero-order valence-electron chi connectivity index (χ0n) is 17.9. The highest BCUT2D eigenvalue weighted by molar-refractivity contribution is 5.56. The molecule has 3 rings (SSSR count). The molecule has 1 fully saturated rings. The van der Waals surface area contributed by atoms with Gasteiger partial charge in [-0.2, -0.15) is 0 Å². The summed E-state index contributed by atoms with van der Waals surface area (Å²) in [5, 5.41) is 7.86. The van der Waals surface area contributed by atoms with Crippen LogP contribution in [0.2, 0.25) is 0 Å². The van der Waals surface area contributed by atoms with Crippen LogP contribution in [0.5, 0.6) is 0 Å². The lowest BCUT2D eigenvalue weighted by molar-refractivity contribution is 0.0660. The van der Waals surface area contributed by atoms with E-state index in [1.54, 1.807) is 25.0 Å². The molecule has 1 aromatic carbocycles. The van der Waals surface area contributed by atoms with Crippen molar-refractivity contribution in [1.82, 2.24) is 0 Å². The van der Waals surface area contributed by atoms with E-state index in [2.05, 4.69) is 48.1 Å². The number of carbonyl (C=O) groups is 1. The molecule has 1 N–H and O–H groups in total. The summed E-state index contributed by atoms with van der Waals surface area (Å²) in [6.07, 6.45) is 15.6. The number of hydrogen-bond donors (Lipinski definition) is 1. The van der Waals surface area contributed by atoms with Gasteiger partial charge in [-0.15, -0.1) is 0 Å². The Bertz CT molecular complexity index is 595. The Balaban J connectivity index is 0.000000345. The van der Waals surface area contributed by atoms with Gasteiger partial charge in [0.25, 0.3) is 0 Å². The lowest BCUT2D eigenvalue weighted by atomic mass is 9.77. The number of rotatable bonds is 5. The second kappa shape index (κ2) is 11.9. The van der Waals surface area contributed by atoms with Crippen molar-refractivity contribution < 1.29 is 14.6 Å². The molecular formula is C25H38O3. The molecule has 0 radical (unpaired) electrons. The summed E-state index contributed by atoms with van der Waals surface area (Å²) in [6.45, 7) is 5.65. The molecule has 3 heteroatoms. The van der Waals surface area contributed by atoms with Crippen molar-refractivity contribution in [2.75, 3.05) is 0 Å². The molecule has 0 aliphatic heterocycles. The van der Waals surface area contributed by atoms with Crippen molar-refractivity contribution in [3.05, 3.63) is 47.5 Å². The van der Waals surface area contributed by atoms with Crippen molar-refractivity contribution in [2.24, 2.45) is 5.92 Å². The first-order valence-corrected chi connectivity index (χ1v) is 11.1. The van der Waals surface area contributed by atoms with Gasteiger partial charge in [0.1, 0.15) is 0 Å². The van der Waals surface area contributed by atoms with Crippen LogP contribution in [-0.4, -0.2) is 17.4 Å². The minimum Gasteiger partial charge on any atom is -0.450 e. The molecular weight excluding hydrogens is 348 g/mol. The van der Waals surface area contributed by atoms with Crippen molar-refractivity contribution in [3.8, 4) is 0 Å². The van der Waals surface area contributed by atoms with Gasteiger partial charge in [-0.1, -0.05) is 56.2 Å². The Hall–Kier alpha value is -1.77. The average molecular weight is 387 g/mol. The van der Waals surface area contributed by atoms with Crippen LogP contribution in [0.15, 0.2) is 36.4 Å². The van der Waals surface area contributed by atoms with E-state index < -0.39 is 6.16 Å². The lowest BCUT2D eigenvalue weighted by Gasteiger charge is -2.29. The first-order chi connectivity index (χ1) is 13.5. The van der Waals surface area contributed by atoms with E-state index in [0.29, 0.717) is 0 Å². The zero-order valence-corrected chi connectivity index (χ0v) is 17.9. The Morgan fingerprint density at radius 3 is 2.04 bits per heavy atom. The molecule has 3 nitrogen and oxygen atoms in total. The molecule has 0 amide bonds. The summed E-state index contributed by atoms with van der Waals surface area (Å²) >= 11 is 0. The van der Waals surface area contributed by atoms with Gasteiger partial charge in [-0.05, 0) is 87.7 Å². The third kappa shape index (κ3) is 7.69. The Morgan fingerprint density at radius 1 is 1.00 bits per heavy atom. The van der Waals surface area contributed by atoms with Gasteiger partial charge >= 0.3 is 6.16 Å². The molecule has 0 saturated heterocycles. The van der Waals surface area contributed by atoms with Crippen LogP contribution in [0.1, 0.15) is 102 Å². The summed E-state index contributed by atoms with van der Waals surface area (Å²) < 4.78 is 4.17. The number of carboxylic acid groups (broad SMARTS) is 1. The van der Waals surface area contributed by atoms with Gasteiger partial charge in [0.05, 0.1) is 6.10 Å². The quantitative estimate of drug-likeness (QED) is 0.417. The fourth-order valence-corrected chi connectivity index (χ4v) is 4.53. The highest BCUT2D eigenvalue weighted by Gasteiger charge is 2.22. The summed E-state index contributed by atoms with van der Waals surface area (Å²) in [4.78, 5) is 9.59. The molecule has 0 heterocycles. The first-order valence-electron chi connectivity index (χ1n) is 11.1. The highest BCUT2D eigenvalue weighted by Crippen LogP contribution is 2.38. The Morgan fingerprint density at radius 2 is 1.61 bits per heavy atom. The van der Waals surface area contributed by atoms with Gasteiger partial charge in [-0.3, -0.25) is 0 Å². The largest absolute Gasteiger partial charge is 0.506 e. The van der Waals surface area contributed by atoms with E-state index in [0.717, 1.165) is 17.8 Å². The zero-order chi connectivity index (χ0) is 20.4. The van der Waals surface area contributed by atoms with Crippen LogP contribution >= 0.6 is 0 Å². The predicted octanol–water partition coefficient (Wildman–Crippen LogP) is 7.67. The molecule has 2 aliphatic rings. The van der Waals surface area contributed by atoms with Crippen molar-refractivity contribution in [2.45, 2.75) is 96.5 Å². The summed E-state index contributed by atoms with van der Waals surface area (Å²) in [7, 11) is 0. The van der Waals surface area contributed by atoms with Gasteiger partial charge < -0.3 is 9.84 Å². The van der Waals surface area contributed by atoms with Crippen LogP contribution in [0, 0.1) is 5.92 Å². The molecule has 156 valence electrons. The third-order valence-electron chi connectivity index (χ3n) is 6.03. The SMILES string of the molecule is CC(C)OC(=O)O.CCC[C@H]1CC[C@H](c2ccc(C3CC=CCC3)cc2)CC1. The van der Waals surface area contributed by atoms with Crippen molar-refractivity contribution in [1.29, 1.82) is 0 Å². The minimum atomic E-state index is -1.21. The van der Waals surface area contributed by atoms with Crippen LogP contribution in [0.25, 0.3) is 0 Å². The average Bonchev–Trinajstić information content (AvgIpc) is 2.69. The summed E-state index contributed by atoms with van der Waals surface area (Å²) in [5.41, 5.74) is 3.16. The first kappa shape index (κ1) is 22.5. The monoisotopic (exact) mass is 386 g/mol. The standard InChI is InChI=1S/C21H30.C4H8O3/c1-2-6-17-9-11-19(12-10-17)21-15-13-20(14-16-21)18-7-4-3-5-8-18;1-3(2)7-4(5)6/h3-4,13-19H,2,5-12H2,1H3;3H,1-2H3,(H,5,6)/t17-,18?,19-;. The van der Waals surface area contributed by atoms with Crippen molar-refractivity contribution in [3.63, 3.8) is 0 Å². The van der Waals surface area contributed by atoms with E-state index in [4.69, 9.17) is 5.11 Å². The second-order valence-electron chi connectivity index (χ2n) is 8.59. The highest BCUT2D eigenvalue weighted by atomic mass is 16.7. The normalized spacial score (nSPS) is 24.4. The fourth-order valence-electron chi connectivity index (χ4n) is 4.53. The molecule has 1 atom stereocenters. The topological polar surface area (TPSA) is 46.5 Å². The van der Waals surface area contributed by atoms with Gasteiger partial charge in [0.15, 0.2) is 0 Å². The maximum absolute atomic E-state index is 9.59. The molecule has 1 saturated carbocycles. The van der Waals surface area contributed by atoms with Crippen LogP contribution in [-0.2, 0) is 4.74 Å². The van der Waals surface area contributed by atoms with E-state index in [1.807, 2.05) is 0 Å². The Labute approximate surface area is 171 Å². The summed E-state index contributed by atoms with van der Waals surface area (Å²) in [6, 6.07) is 9.69. The minimum absolute atomic E-state index is 0.225.